The van der Waals surface area contributed by atoms with Gasteiger partial charge in [-0.05, 0) is 25.1 Å². The van der Waals surface area contributed by atoms with Gasteiger partial charge in [-0.15, -0.1) is 0 Å². The van der Waals surface area contributed by atoms with Crippen molar-refractivity contribution in [2.24, 2.45) is 0 Å². The van der Waals surface area contributed by atoms with Crippen LogP contribution in [0.1, 0.15) is 6.92 Å². The van der Waals surface area contributed by atoms with E-state index in [9.17, 15) is 0 Å². The van der Waals surface area contributed by atoms with Gasteiger partial charge in [0.05, 0.1) is 6.61 Å². The second kappa shape index (κ2) is 8.14. The van der Waals surface area contributed by atoms with E-state index in [1.165, 1.54) is 38.7 Å². The maximum atomic E-state index is 5.94. The molecule has 0 saturated carbocycles. The van der Waals surface area contributed by atoms with E-state index >= 15 is 0 Å². The van der Waals surface area contributed by atoms with Gasteiger partial charge in [-0.25, -0.2) is 0 Å². The topological polar surface area (TPSA) is 18.5 Å². The summed E-state index contributed by atoms with van der Waals surface area (Å²) in [6, 6.07) is 13.1. The van der Waals surface area contributed by atoms with Crippen LogP contribution in [-0.2, 0) is 15.6 Å². The first-order chi connectivity index (χ1) is 10.9. The molecule has 1 aliphatic heterocycles. The first kappa shape index (κ1) is 16.0. The fraction of sp³-hybridized carbons (Fsp3) is 0.444. The molecule has 0 spiro atoms. The minimum Gasteiger partial charge on any atom is -0.491 e. The van der Waals surface area contributed by atoms with Crippen molar-refractivity contribution >= 4 is 33.4 Å². The lowest BCUT2D eigenvalue weighted by atomic mass is 10.1. The lowest BCUT2D eigenvalue weighted by molar-refractivity contribution is 0.111. The van der Waals surface area contributed by atoms with Crippen molar-refractivity contribution in [3.63, 3.8) is 0 Å². The summed E-state index contributed by atoms with van der Waals surface area (Å²) in [6.07, 6.45) is 0. The van der Waals surface area contributed by atoms with Crippen LogP contribution in [0.5, 0.6) is 5.75 Å². The molecule has 0 amide bonds. The molecule has 0 aliphatic carbocycles. The van der Waals surface area contributed by atoms with Gasteiger partial charge in [0, 0.05) is 39.8 Å². The van der Waals surface area contributed by atoms with E-state index in [4.69, 9.17) is 9.47 Å². The van der Waals surface area contributed by atoms with Crippen molar-refractivity contribution in [2.45, 2.75) is 11.8 Å². The summed E-state index contributed by atoms with van der Waals surface area (Å²) in [7, 11) is 0.399. The third-order valence-electron chi connectivity index (χ3n) is 3.79. The molecule has 4 heteroatoms. The van der Waals surface area contributed by atoms with Crippen LogP contribution in [0.25, 0.3) is 10.8 Å². The number of ether oxygens (including phenoxy) is 2. The van der Waals surface area contributed by atoms with Crippen molar-refractivity contribution in [2.75, 3.05) is 42.8 Å². The molecule has 22 heavy (non-hydrogen) atoms. The summed E-state index contributed by atoms with van der Waals surface area (Å²) in [5.74, 6) is 6.21. The van der Waals surface area contributed by atoms with Gasteiger partial charge in [-0.2, -0.15) is 11.8 Å². The first-order valence-electron chi connectivity index (χ1n) is 7.87. The van der Waals surface area contributed by atoms with Gasteiger partial charge in [-0.1, -0.05) is 18.2 Å². The Hall–Kier alpha value is -0.840. The SMILES string of the molecule is CCOCCOc1ccc([S+]2CCSCC2)c2ccccc12. The lowest BCUT2D eigenvalue weighted by Gasteiger charge is -2.16. The van der Waals surface area contributed by atoms with Gasteiger partial charge < -0.3 is 9.47 Å². The fourth-order valence-electron chi connectivity index (χ4n) is 2.72. The van der Waals surface area contributed by atoms with Crippen molar-refractivity contribution in [1.29, 1.82) is 0 Å². The second-order valence-corrected chi connectivity index (χ2v) is 8.63. The van der Waals surface area contributed by atoms with E-state index in [0.717, 1.165) is 12.4 Å². The number of rotatable bonds is 6. The number of hydrogen-bond donors (Lipinski definition) is 0. The summed E-state index contributed by atoms with van der Waals surface area (Å²) in [6.45, 7) is 4.01. The van der Waals surface area contributed by atoms with Gasteiger partial charge >= 0.3 is 0 Å². The van der Waals surface area contributed by atoms with E-state index in [-0.39, 0.29) is 0 Å². The predicted molar refractivity (Wildman–Crippen MR) is 98.6 cm³/mol. The molecule has 0 radical (unpaired) electrons. The van der Waals surface area contributed by atoms with Gasteiger partial charge in [0.25, 0.3) is 0 Å². The van der Waals surface area contributed by atoms with Crippen molar-refractivity contribution in [1.82, 2.24) is 0 Å². The monoisotopic (exact) mass is 335 g/mol. The quantitative estimate of drug-likeness (QED) is 0.588. The standard InChI is InChI=1S/C18H23O2S2/c1-2-19-9-10-20-17-7-8-18(22-13-11-21-12-14-22)16-6-4-3-5-15(16)17/h3-8H,2,9-14H2,1H3/q+1. The summed E-state index contributed by atoms with van der Waals surface area (Å²) in [4.78, 5) is 1.52. The van der Waals surface area contributed by atoms with E-state index < -0.39 is 0 Å². The lowest BCUT2D eigenvalue weighted by Crippen LogP contribution is -2.21. The molecule has 1 aliphatic rings. The van der Waals surface area contributed by atoms with Crippen LogP contribution < -0.4 is 4.74 Å². The molecule has 118 valence electrons. The highest BCUT2D eigenvalue weighted by Crippen LogP contribution is 2.33. The molecule has 2 aromatic rings. The molecule has 1 heterocycles. The molecule has 3 rings (SSSR count). The number of fused-ring (bicyclic) bond motifs is 1. The van der Waals surface area contributed by atoms with Crippen LogP contribution in [-0.4, -0.2) is 42.8 Å². The highest BCUT2D eigenvalue weighted by atomic mass is 32.2. The minimum atomic E-state index is 0.399. The largest absolute Gasteiger partial charge is 0.491 e. The molecule has 2 aromatic carbocycles. The maximum Gasteiger partial charge on any atom is 0.163 e. The van der Waals surface area contributed by atoms with Gasteiger partial charge in [0.15, 0.2) is 4.90 Å². The van der Waals surface area contributed by atoms with Crippen LogP contribution in [0, 0.1) is 0 Å². The van der Waals surface area contributed by atoms with Gasteiger partial charge in [0.1, 0.15) is 23.9 Å². The van der Waals surface area contributed by atoms with Gasteiger partial charge in [-0.3, -0.25) is 0 Å². The highest BCUT2D eigenvalue weighted by molar-refractivity contribution is 8.05. The Labute approximate surface area is 139 Å². The number of benzene rings is 2. The molecular weight excluding hydrogens is 312 g/mol. The summed E-state index contributed by atoms with van der Waals surface area (Å²) >= 11 is 2.09. The molecule has 0 bridgehead atoms. The maximum absolute atomic E-state index is 5.94. The Morgan fingerprint density at radius 1 is 1.00 bits per heavy atom. The first-order valence-corrected chi connectivity index (χ1v) is 10.6. The van der Waals surface area contributed by atoms with Crippen molar-refractivity contribution in [3.8, 4) is 5.75 Å². The third kappa shape index (κ3) is 3.73. The van der Waals surface area contributed by atoms with Crippen molar-refractivity contribution in [3.05, 3.63) is 36.4 Å². The minimum absolute atomic E-state index is 0.399. The number of hydrogen-bond acceptors (Lipinski definition) is 3. The molecule has 1 fully saturated rings. The van der Waals surface area contributed by atoms with E-state index in [2.05, 4.69) is 48.2 Å². The molecule has 0 aromatic heterocycles. The van der Waals surface area contributed by atoms with Crippen LogP contribution in [0.2, 0.25) is 0 Å². The molecule has 0 atom stereocenters. The van der Waals surface area contributed by atoms with E-state index in [1.807, 2.05) is 6.92 Å². The molecule has 2 nitrogen and oxygen atoms in total. The number of thioether (sulfide) groups is 1. The molecule has 1 saturated heterocycles. The third-order valence-corrected chi connectivity index (χ3v) is 7.67. The normalized spacial score (nSPS) is 16.0. The van der Waals surface area contributed by atoms with Crippen LogP contribution in [0.15, 0.2) is 41.3 Å². The van der Waals surface area contributed by atoms with E-state index in [1.54, 1.807) is 0 Å². The average molecular weight is 336 g/mol. The Bertz CT molecular complexity index is 609. The van der Waals surface area contributed by atoms with Crippen LogP contribution in [0.3, 0.4) is 0 Å². The highest BCUT2D eigenvalue weighted by Gasteiger charge is 2.27. The summed E-state index contributed by atoms with van der Waals surface area (Å²) in [5.41, 5.74) is 0. The Morgan fingerprint density at radius 2 is 1.77 bits per heavy atom. The molecule has 0 unspecified atom stereocenters. The summed E-state index contributed by atoms with van der Waals surface area (Å²) < 4.78 is 11.3. The average Bonchev–Trinajstić information content (AvgIpc) is 2.59. The molecular formula is C18H23O2S2+. The second-order valence-electron chi connectivity index (χ2n) is 5.17. The van der Waals surface area contributed by atoms with Gasteiger partial charge in [0.2, 0.25) is 0 Å². The Morgan fingerprint density at radius 3 is 2.55 bits per heavy atom. The van der Waals surface area contributed by atoms with Crippen molar-refractivity contribution < 1.29 is 9.47 Å². The Balaban J connectivity index is 1.86. The van der Waals surface area contributed by atoms with Crippen LogP contribution in [0.4, 0.5) is 0 Å². The summed E-state index contributed by atoms with van der Waals surface area (Å²) in [5, 5.41) is 2.61. The Kier molecular flexibility index (Phi) is 5.93. The zero-order chi connectivity index (χ0) is 15.2. The fourth-order valence-corrected chi connectivity index (χ4v) is 6.87. The smallest absolute Gasteiger partial charge is 0.163 e. The van der Waals surface area contributed by atoms with E-state index in [0.29, 0.717) is 24.1 Å². The molecule has 0 N–H and O–H groups in total. The predicted octanol–water partition coefficient (Wildman–Crippen LogP) is 3.98. The zero-order valence-corrected chi connectivity index (χ0v) is 14.7. The van der Waals surface area contributed by atoms with Crippen LogP contribution >= 0.6 is 11.8 Å². The zero-order valence-electron chi connectivity index (χ0n) is 13.0.